The summed E-state index contributed by atoms with van der Waals surface area (Å²) in [7, 11) is 0. The van der Waals surface area contributed by atoms with Gasteiger partial charge >= 0.3 is 0 Å². The number of hydrogen-bond acceptors (Lipinski definition) is 1. The molecule has 2 unspecified atom stereocenters. The molecule has 1 nitrogen and oxygen atoms in total. The average molecular weight is 109 g/mol. The fourth-order valence-electron chi connectivity index (χ4n) is 1.62. The molecule has 2 rings (SSSR count). The Labute approximate surface area is 49.8 Å². The zero-order valence-electron chi connectivity index (χ0n) is 4.93. The maximum absolute atomic E-state index is 3.38. The Morgan fingerprint density at radius 3 is 2.25 bits per heavy atom. The van der Waals surface area contributed by atoms with Gasteiger partial charge in [-0.2, -0.15) is 0 Å². The highest BCUT2D eigenvalue weighted by molar-refractivity contribution is 5.05. The molecule has 1 fully saturated rings. The van der Waals surface area contributed by atoms with Crippen LogP contribution in [0.4, 0.5) is 0 Å². The molecule has 8 heavy (non-hydrogen) atoms. The summed E-state index contributed by atoms with van der Waals surface area (Å²) >= 11 is 0. The van der Waals surface area contributed by atoms with Crippen LogP contribution in [-0.2, 0) is 0 Å². The number of rotatable bonds is 0. The SMILES string of the molecule is C1=CC2CNCC1C2. The zero-order valence-corrected chi connectivity index (χ0v) is 4.93. The second kappa shape index (κ2) is 1.59. The van der Waals surface area contributed by atoms with E-state index in [4.69, 9.17) is 0 Å². The van der Waals surface area contributed by atoms with Crippen molar-refractivity contribution in [3.8, 4) is 0 Å². The summed E-state index contributed by atoms with van der Waals surface area (Å²) in [4.78, 5) is 0. The molecule has 0 aromatic rings. The molecule has 2 aliphatic rings. The third-order valence-corrected chi connectivity index (χ3v) is 2.07. The van der Waals surface area contributed by atoms with Crippen molar-refractivity contribution in [3.63, 3.8) is 0 Å². The molecule has 1 saturated heterocycles. The number of nitrogens with one attached hydrogen (secondary N) is 1. The van der Waals surface area contributed by atoms with E-state index < -0.39 is 0 Å². The molecule has 1 heterocycles. The molecular weight excluding hydrogens is 98.1 g/mol. The lowest BCUT2D eigenvalue weighted by atomic mass is 10.00. The highest BCUT2D eigenvalue weighted by atomic mass is 14.9. The van der Waals surface area contributed by atoms with Gasteiger partial charge in [-0.15, -0.1) is 0 Å². The molecule has 0 spiro atoms. The Bertz CT molecular complexity index is 106. The molecule has 0 saturated carbocycles. The monoisotopic (exact) mass is 109 g/mol. The summed E-state index contributed by atoms with van der Waals surface area (Å²) in [6, 6.07) is 0. The van der Waals surface area contributed by atoms with Gasteiger partial charge in [-0.1, -0.05) is 12.2 Å². The zero-order chi connectivity index (χ0) is 5.40. The van der Waals surface area contributed by atoms with Crippen LogP contribution in [0.5, 0.6) is 0 Å². The predicted molar refractivity (Wildman–Crippen MR) is 33.6 cm³/mol. The molecule has 1 aliphatic heterocycles. The molecule has 0 amide bonds. The number of piperidine rings is 1. The van der Waals surface area contributed by atoms with E-state index >= 15 is 0 Å². The van der Waals surface area contributed by atoms with Crippen molar-refractivity contribution in [2.75, 3.05) is 13.1 Å². The summed E-state index contributed by atoms with van der Waals surface area (Å²) in [5, 5.41) is 3.38. The van der Waals surface area contributed by atoms with E-state index in [0.717, 1.165) is 11.8 Å². The van der Waals surface area contributed by atoms with Crippen LogP contribution in [-0.4, -0.2) is 13.1 Å². The molecule has 1 heteroatoms. The Hall–Kier alpha value is -0.300. The number of hydrogen-bond donors (Lipinski definition) is 1. The van der Waals surface area contributed by atoms with Crippen molar-refractivity contribution < 1.29 is 0 Å². The van der Waals surface area contributed by atoms with Crippen LogP contribution in [0.3, 0.4) is 0 Å². The van der Waals surface area contributed by atoms with Gasteiger partial charge in [0.1, 0.15) is 0 Å². The molecule has 0 aromatic carbocycles. The maximum atomic E-state index is 3.38. The second-order valence-electron chi connectivity index (χ2n) is 2.80. The predicted octanol–water partition coefficient (Wildman–Crippen LogP) is 0.782. The molecule has 2 atom stereocenters. The first-order valence-corrected chi connectivity index (χ1v) is 3.34. The van der Waals surface area contributed by atoms with Gasteiger partial charge in [0.2, 0.25) is 0 Å². The van der Waals surface area contributed by atoms with E-state index in [0.29, 0.717) is 0 Å². The van der Waals surface area contributed by atoms with Crippen molar-refractivity contribution in [1.82, 2.24) is 5.32 Å². The second-order valence-corrected chi connectivity index (χ2v) is 2.80. The fraction of sp³-hybridized carbons (Fsp3) is 0.714. The molecule has 1 N–H and O–H groups in total. The van der Waals surface area contributed by atoms with Crippen molar-refractivity contribution in [2.24, 2.45) is 11.8 Å². The van der Waals surface area contributed by atoms with E-state index in [1.54, 1.807) is 0 Å². The smallest absolute Gasteiger partial charge is 0.00146 e. The fourth-order valence-corrected chi connectivity index (χ4v) is 1.62. The Morgan fingerprint density at radius 2 is 1.75 bits per heavy atom. The van der Waals surface area contributed by atoms with Gasteiger partial charge in [0.15, 0.2) is 0 Å². The minimum Gasteiger partial charge on any atom is -0.316 e. The Kier molecular flexibility index (Phi) is 0.908. The van der Waals surface area contributed by atoms with Gasteiger partial charge in [-0.25, -0.2) is 0 Å². The van der Waals surface area contributed by atoms with Gasteiger partial charge in [-0.3, -0.25) is 0 Å². The third-order valence-electron chi connectivity index (χ3n) is 2.07. The molecule has 0 radical (unpaired) electrons. The summed E-state index contributed by atoms with van der Waals surface area (Å²) in [6.45, 7) is 2.43. The third kappa shape index (κ3) is 0.583. The van der Waals surface area contributed by atoms with Crippen LogP contribution in [0.15, 0.2) is 12.2 Å². The van der Waals surface area contributed by atoms with Crippen LogP contribution in [0.25, 0.3) is 0 Å². The minimum atomic E-state index is 0.869. The lowest BCUT2D eigenvalue weighted by Crippen LogP contribution is -2.31. The summed E-state index contributed by atoms with van der Waals surface area (Å²) in [6.07, 6.45) is 6.11. The minimum absolute atomic E-state index is 0.869. The molecule has 0 aromatic heterocycles. The van der Waals surface area contributed by atoms with Crippen molar-refractivity contribution >= 4 is 0 Å². The molecular formula is C7H11N. The average Bonchev–Trinajstić information content (AvgIpc) is 2.12. The van der Waals surface area contributed by atoms with E-state index in [1.807, 2.05) is 0 Å². The van der Waals surface area contributed by atoms with Crippen molar-refractivity contribution in [3.05, 3.63) is 12.2 Å². The summed E-state index contributed by atoms with van der Waals surface area (Å²) < 4.78 is 0. The summed E-state index contributed by atoms with van der Waals surface area (Å²) in [5.41, 5.74) is 0. The first-order valence-electron chi connectivity index (χ1n) is 3.34. The topological polar surface area (TPSA) is 12.0 Å². The van der Waals surface area contributed by atoms with E-state index in [9.17, 15) is 0 Å². The van der Waals surface area contributed by atoms with Gasteiger partial charge in [0, 0.05) is 13.1 Å². The van der Waals surface area contributed by atoms with Crippen LogP contribution in [0.2, 0.25) is 0 Å². The highest BCUT2D eigenvalue weighted by Crippen LogP contribution is 2.25. The van der Waals surface area contributed by atoms with Crippen LogP contribution < -0.4 is 5.32 Å². The lowest BCUT2D eigenvalue weighted by Gasteiger charge is -2.19. The lowest BCUT2D eigenvalue weighted by molar-refractivity contribution is 0.403. The van der Waals surface area contributed by atoms with E-state index in [-0.39, 0.29) is 0 Å². The van der Waals surface area contributed by atoms with Crippen LogP contribution >= 0.6 is 0 Å². The van der Waals surface area contributed by atoms with E-state index in [2.05, 4.69) is 17.5 Å². The maximum Gasteiger partial charge on any atom is 0.00146 e. The quantitative estimate of drug-likeness (QED) is 0.453. The molecule has 2 bridgehead atoms. The molecule has 1 aliphatic carbocycles. The first kappa shape index (κ1) is 4.57. The van der Waals surface area contributed by atoms with Crippen molar-refractivity contribution in [1.29, 1.82) is 0 Å². The Morgan fingerprint density at radius 1 is 1.12 bits per heavy atom. The standard InChI is InChI=1S/C7H11N/c1-2-7-3-6(1)4-8-5-7/h1-2,6-8H,3-5H2. The van der Waals surface area contributed by atoms with Gasteiger partial charge in [0.25, 0.3) is 0 Å². The largest absolute Gasteiger partial charge is 0.316 e. The molecule has 44 valence electrons. The Balaban J connectivity index is 2.13. The highest BCUT2D eigenvalue weighted by Gasteiger charge is 2.22. The van der Waals surface area contributed by atoms with Gasteiger partial charge < -0.3 is 5.32 Å². The van der Waals surface area contributed by atoms with Gasteiger partial charge in [-0.05, 0) is 18.3 Å². The van der Waals surface area contributed by atoms with E-state index in [1.165, 1.54) is 19.5 Å². The number of fused-ring (bicyclic) bond motifs is 2. The van der Waals surface area contributed by atoms with Gasteiger partial charge in [0.05, 0.1) is 0 Å². The van der Waals surface area contributed by atoms with Crippen molar-refractivity contribution in [2.45, 2.75) is 6.42 Å². The normalized spacial score (nSPS) is 43.0. The van der Waals surface area contributed by atoms with Crippen LogP contribution in [0.1, 0.15) is 6.42 Å². The van der Waals surface area contributed by atoms with Crippen LogP contribution in [0, 0.1) is 11.8 Å². The summed E-state index contributed by atoms with van der Waals surface area (Å²) in [5.74, 6) is 1.74. The first-order chi connectivity index (χ1) is 3.95.